The van der Waals surface area contributed by atoms with Gasteiger partial charge in [0, 0.05) is 23.7 Å². The third-order valence-corrected chi connectivity index (χ3v) is 8.40. The molecule has 1 unspecified atom stereocenters. The lowest BCUT2D eigenvalue weighted by Crippen LogP contribution is -2.62. The van der Waals surface area contributed by atoms with E-state index in [0.29, 0.717) is 17.1 Å². The van der Waals surface area contributed by atoms with Crippen LogP contribution < -0.4 is 5.73 Å². The highest BCUT2D eigenvalue weighted by Crippen LogP contribution is 2.50. The molecule has 1 atom stereocenters. The number of nitrogens with zero attached hydrogens (tertiary/aromatic N) is 3. The van der Waals surface area contributed by atoms with Gasteiger partial charge in [-0.3, -0.25) is 4.98 Å². The van der Waals surface area contributed by atoms with E-state index in [4.69, 9.17) is 28.6 Å². The predicted molar refractivity (Wildman–Crippen MR) is 105 cm³/mol. The number of aromatic nitrogens is 1. The van der Waals surface area contributed by atoms with Gasteiger partial charge in [-0.2, -0.15) is 0 Å². The number of thiophene rings is 1. The molecule has 7 nitrogen and oxygen atoms in total. The topological polar surface area (TPSA) is 99.0 Å². The molecule has 140 valence electrons. The summed E-state index contributed by atoms with van der Waals surface area (Å²) in [5.74, 6) is -0.142. The first-order chi connectivity index (χ1) is 12.6. The Morgan fingerprint density at radius 3 is 2.78 bits per heavy atom. The number of pyridine rings is 1. The molecule has 1 spiro atoms. The van der Waals surface area contributed by atoms with Crippen LogP contribution in [0.15, 0.2) is 29.5 Å². The minimum atomic E-state index is -3.10. The Morgan fingerprint density at radius 2 is 2.11 bits per heavy atom. The van der Waals surface area contributed by atoms with Crippen molar-refractivity contribution in [3.63, 3.8) is 0 Å². The van der Waals surface area contributed by atoms with E-state index in [1.165, 1.54) is 17.5 Å². The van der Waals surface area contributed by atoms with Crippen LogP contribution in [-0.4, -0.2) is 36.5 Å². The maximum absolute atomic E-state index is 11.7. The van der Waals surface area contributed by atoms with Crippen LogP contribution in [0.1, 0.15) is 18.2 Å². The van der Waals surface area contributed by atoms with Crippen molar-refractivity contribution in [2.24, 2.45) is 10.7 Å². The van der Waals surface area contributed by atoms with Crippen LogP contribution >= 0.6 is 22.9 Å². The van der Waals surface area contributed by atoms with Crippen LogP contribution in [0, 0.1) is 6.57 Å². The number of halogens is 1. The summed E-state index contributed by atoms with van der Waals surface area (Å²) in [7, 11) is -3.10. The van der Waals surface area contributed by atoms with Crippen molar-refractivity contribution in [3.05, 3.63) is 45.8 Å². The van der Waals surface area contributed by atoms with E-state index >= 15 is 0 Å². The third kappa shape index (κ3) is 3.18. The summed E-state index contributed by atoms with van der Waals surface area (Å²) < 4.78 is 29.0. The Balaban J connectivity index is 1.74. The molecule has 0 saturated carbocycles. The zero-order chi connectivity index (χ0) is 19.4. The van der Waals surface area contributed by atoms with E-state index in [1.54, 1.807) is 12.3 Å². The number of nitrogens with two attached hydrogens (primary N) is 1. The standard InChI is InChI=1S/C17H15ClN4O3S2/c1-16(7-17(25-15(19)22-16)8-27(23,24)9-17)14-12(18)4-13(26-14)10-3-11(20-2)6-21-5-10/h3-6H,7-9H2,1H3,(H2,19,22). The number of ether oxygens (including phenoxy) is 1. The Bertz CT molecular complexity index is 1110. The Labute approximate surface area is 165 Å². The molecule has 2 aliphatic heterocycles. The van der Waals surface area contributed by atoms with Crippen molar-refractivity contribution in [1.82, 2.24) is 4.98 Å². The van der Waals surface area contributed by atoms with E-state index in [1.807, 2.05) is 13.0 Å². The molecular formula is C17H15ClN4O3S2. The monoisotopic (exact) mass is 422 g/mol. The Morgan fingerprint density at radius 1 is 1.37 bits per heavy atom. The summed E-state index contributed by atoms with van der Waals surface area (Å²) >= 11 is 7.94. The van der Waals surface area contributed by atoms with Gasteiger partial charge in [0.15, 0.2) is 9.84 Å². The second-order valence-corrected chi connectivity index (χ2v) is 10.6. The Hall–Kier alpha value is -2.15. The maximum atomic E-state index is 11.7. The summed E-state index contributed by atoms with van der Waals surface area (Å²) in [6.45, 7) is 9.01. The minimum Gasteiger partial charge on any atom is -0.457 e. The summed E-state index contributed by atoms with van der Waals surface area (Å²) in [6, 6.07) is 3.53. The molecule has 4 heterocycles. The maximum Gasteiger partial charge on any atom is 0.283 e. The fourth-order valence-electron chi connectivity index (χ4n) is 3.74. The van der Waals surface area contributed by atoms with Crippen LogP contribution in [0.2, 0.25) is 5.02 Å². The first-order valence-electron chi connectivity index (χ1n) is 8.01. The normalized spacial score (nSPS) is 25.1. The molecule has 4 rings (SSSR count). The van der Waals surface area contributed by atoms with E-state index in [2.05, 4.69) is 14.8 Å². The summed E-state index contributed by atoms with van der Waals surface area (Å²) in [6.07, 6.45) is 3.54. The molecule has 0 aliphatic carbocycles. The second kappa shape index (κ2) is 5.92. The molecule has 0 amide bonds. The predicted octanol–water partition coefficient (Wildman–Crippen LogP) is 3.13. The average molecular weight is 423 g/mol. The smallest absolute Gasteiger partial charge is 0.283 e. The SMILES string of the molecule is [C-]#[N+]c1cncc(-c2cc(Cl)c(C3(C)CC4(CS(=O)(=O)C4)OC(N)=N3)s2)c1. The van der Waals surface area contributed by atoms with Gasteiger partial charge in [-0.25, -0.2) is 18.3 Å². The van der Waals surface area contributed by atoms with Crippen molar-refractivity contribution >= 4 is 44.5 Å². The molecule has 0 aromatic carbocycles. The van der Waals surface area contributed by atoms with E-state index in [9.17, 15) is 8.42 Å². The van der Waals surface area contributed by atoms with E-state index in [-0.39, 0.29) is 17.5 Å². The molecule has 2 N–H and O–H groups in total. The number of sulfone groups is 1. The zero-order valence-corrected chi connectivity index (χ0v) is 16.7. The second-order valence-electron chi connectivity index (χ2n) is 7.05. The highest BCUT2D eigenvalue weighted by molar-refractivity contribution is 7.93. The molecule has 2 aromatic heterocycles. The first kappa shape index (κ1) is 18.2. The average Bonchev–Trinajstić information content (AvgIpc) is 2.95. The number of hydrogen-bond acceptors (Lipinski definition) is 7. The number of hydrogen-bond donors (Lipinski definition) is 1. The van der Waals surface area contributed by atoms with Gasteiger partial charge in [-0.1, -0.05) is 11.6 Å². The zero-order valence-electron chi connectivity index (χ0n) is 14.3. The van der Waals surface area contributed by atoms with Gasteiger partial charge in [0.25, 0.3) is 6.02 Å². The Kier molecular flexibility index (Phi) is 4.00. The van der Waals surface area contributed by atoms with Crippen LogP contribution in [0.4, 0.5) is 5.69 Å². The molecule has 1 saturated heterocycles. The number of aliphatic imine (C=N–C) groups is 1. The highest BCUT2D eigenvalue weighted by Gasteiger charge is 2.57. The lowest BCUT2D eigenvalue weighted by atomic mass is 9.85. The van der Waals surface area contributed by atoms with Gasteiger partial charge in [0.2, 0.25) is 5.69 Å². The lowest BCUT2D eigenvalue weighted by molar-refractivity contribution is 0.0326. The van der Waals surface area contributed by atoms with Gasteiger partial charge in [-0.05, 0) is 24.6 Å². The van der Waals surface area contributed by atoms with Gasteiger partial charge >= 0.3 is 0 Å². The van der Waals surface area contributed by atoms with Crippen molar-refractivity contribution in [1.29, 1.82) is 0 Å². The van der Waals surface area contributed by atoms with Crippen molar-refractivity contribution in [3.8, 4) is 10.4 Å². The van der Waals surface area contributed by atoms with Crippen molar-refractivity contribution < 1.29 is 13.2 Å². The van der Waals surface area contributed by atoms with Gasteiger partial charge < -0.3 is 10.5 Å². The minimum absolute atomic E-state index is 0.0265. The molecule has 2 aromatic rings. The fraction of sp³-hybridized carbons (Fsp3) is 0.353. The summed E-state index contributed by atoms with van der Waals surface area (Å²) in [5.41, 5.74) is 5.47. The molecule has 2 aliphatic rings. The van der Waals surface area contributed by atoms with E-state index < -0.39 is 21.0 Å². The first-order valence-corrected chi connectivity index (χ1v) is 11.0. The van der Waals surface area contributed by atoms with Crippen LogP contribution in [0.3, 0.4) is 0 Å². The number of rotatable bonds is 2. The van der Waals surface area contributed by atoms with Crippen molar-refractivity contribution in [2.45, 2.75) is 24.5 Å². The quantitative estimate of drug-likeness (QED) is 0.749. The lowest BCUT2D eigenvalue weighted by Gasteiger charge is -2.47. The molecule has 0 bridgehead atoms. The van der Waals surface area contributed by atoms with Crippen LogP contribution in [-0.2, 0) is 20.1 Å². The van der Waals surface area contributed by atoms with Gasteiger partial charge in [-0.15, -0.1) is 11.3 Å². The van der Waals surface area contributed by atoms with Crippen LogP contribution in [0.25, 0.3) is 15.3 Å². The molecule has 27 heavy (non-hydrogen) atoms. The van der Waals surface area contributed by atoms with Gasteiger partial charge in [0.1, 0.15) is 11.1 Å². The summed E-state index contributed by atoms with van der Waals surface area (Å²) in [4.78, 5) is 13.6. The third-order valence-electron chi connectivity index (χ3n) is 4.62. The number of amidine groups is 1. The summed E-state index contributed by atoms with van der Waals surface area (Å²) in [5, 5.41) is 0.515. The molecule has 10 heteroatoms. The van der Waals surface area contributed by atoms with Crippen LogP contribution in [0.5, 0.6) is 0 Å². The van der Waals surface area contributed by atoms with E-state index in [0.717, 1.165) is 15.3 Å². The molecule has 1 fully saturated rings. The molecule has 0 radical (unpaired) electrons. The van der Waals surface area contributed by atoms with Gasteiger partial charge in [0.05, 0.1) is 28.0 Å². The largest absolute Gasteiger partial charge is 0.457 e. The highest BCUT2D eigenvalue weighted by atomic mass is 35.5. The molecular weight excluding hydrogens is 408 g/mol. The van der Waals surface area contributed by atoms with Crippen molar-refractivity contribution in [2.75, 3.05) is 11.5 Å². The fourth-order valence-corrected chi connectivity index (χ4v) is 7.20.